The summed E-state index contributed by atoms with van der Waals surface area (Å²) in [7, 11) is 4.50. The van der Waals surface area contributed by atoms with E-state index in [2.05, 4.69) is 10.6 Å². The number of anilines is 2. The highest BCUT2D eigenvalue weighted by Gasteiger charge is 2.22. The molecule has 0 fully saturated rings. The number of amides is 2. The normalized spacial score (nSPS) is 10.9. The summed E-state index contributed by atoms with van der Waals surface area (Å²) in [6, 6.07) is 15.7. The van der Waals surface area contributed by atoms with Crippen LogP contribution < -0.4 is 24.8 Å². The summed E-state index contributed by atoms with van der Waals surface area (Å²) in [5.41, 5.74) is 1.48. The summed E-state index contributed by atoms with van der Waals surface area (Å²) >= 11 is 0. The van der Waals surface area contributed by atoms with Gasteiger partial charge in [0.1, 0.15) is 17.1 Å². The molecule has 4 rings (SSSR count). The number of furan rings is 1. The zero-order valence-corrected chi connectivity index (χ0v) is 19.8. The molecule has 0 radical (unpaired) electrons. The van der Waals surface area contributed by atoms with Crippen molar-refractivity contribution < 1.29 is 32.6 Å². The average Bonchev–Trinajstić information content (AvgIpc) is 3.25. The number of nitrogens with one attached hydrogen (secondary N) is 2. The minimum absolute atomic E-state index is 0.116. The summed E-state index contributed by atoms with van der Waals surface area (Å²) in [5, 5.41) is 5.84. The molecule has 8 nitrogen and oxygen atoms in total. The molecule has 2 amide bonds. The van der Waals surface area contributed by atoms with E-state index >= 15 is 0 Å². The maximum atomic E-state index is 13.5. The van der Waals surface area contributed by atoms with Crippen molar-refractivity contribution in [2.24, 2.45) is 0 Å². The Bertz CT molecular complexity index is 1430. The van der Waals surface area contributed by atoms with Gasteiger partial charge in [0.15, 0.2) is 11.5 Å². The fourth-order valence-electron chi connectivity index (χ4n) is 3.62. The predicted molar refractivity (Wildman–Crippen MR) is 134 cm³/mol. The van der Waals surface area contributed by atoms with Crippen molar-refractivity contribution in [1.82, 2.24) is 0 Å². The largest absolute Gasteiger partial charge is 0.493 e. The molecule has 2 N–H and O–H groups in total. The number of ether oxygens (including phenoxy) is 3. The SMILES string of the molecule is COc1cc(/C=C/C(=O)Nc2c(C(=O)Nc3cccc(F)c3)oc3ccccc23)cc(OC)c1OC. The van der Waals surface area contributed by atoms with Gasteiger partial charge in [-0.15, -0.1) is 0 Å². The number of carbonyl (C=O) groups excluding carboxylic acids is 2. The Kier molecular flexibility index (Phi) is 7.20. The van der Waals surface area contributed by atoms with Crippen molar-refractivity contribution in [3.63, 3.8) is 0 Å². The van der Waals surface area contributed by atoms with Crippen molar-refractivity contribution in [2.45, 2.75) is 0 Å². The molecule has 4 aromatic rings. The number of carbonyl (C=O) groups is 2. The Labute approximate surface area is 206 Å². The molecule has 0 aliphatic carbocycles. The Balaban J connectivity index is 1.61. The van der Waals surface area contributed by atoms with Gasteiger partial charge in [0.25, 0.3) is 5.91 Å². The average molecular weight is 490 g/mol. The maximum absolute atomic E-state index is 13.5. The van der Waals surface area contributed by atoms with Gasteiger partial charge >= 0.3 is 0 Å². The first kappa shape index (κ1) is 24.3. The maximum Gasteiger partial charge on any atom is 0.293 e. The molecule has 0 aliphatic rings. The molecule has 0 atom stereocenters. The topological polar surface area (TPSA) is 99.0 Å². The lowest BCUT2D eigenvalue weighted by Crippen LogP contribution is -2.15. The van der Waals surface area contributed by atoms with Gasteiger partial charge in [0.05, 0.1) is 21.3 Å². The summed E-state index contributed by atoms with van der Waals surface area (Å²) in [4.78, 5) is 25.8. The molecular formula is C27H23FN2O6. The standard InChI is InChI=1S/C27H23FN2O6/c1-33-21-13-16(14-22(34-2)25(21)35-3)11-12-23(31)30-24-19-9-4-5-10-20(19)36-26(24)27(32)29-18-8-6-7-17(28)15-18/h4-15H,1-3H3,(H,29,32)(H,30,31)/b12-11+. The Hall–Kier alpha value is -4.79. The fraction of sp³-hybridized carbons (Fsp3) is 0.111. The molecule has 1 aromatic heterocycles. The molecule has 36 heavy (non-hydrogen) atoms. The van der Waals surface area contributed by atoms with Crippen LogP contribution in [0.15, 0.2) is 71.2 Å². The minimum atomic E-state index is -0.638. The van der Waals surface area contributed by atoms with E-state index in [4.69, 9.17) is 18.6 Å². The third-order valence-corrected chi connectivity index (χ3v) is 5.25. The lowest BCUT2D eigenvalue weighted by atomic mass is 10.1. The molecule has 9 heteroatoms. The zero-order chi connectivity index (χ0) is 25.7. The van der Waals surface area contributed by atoms with Gasteiger partial charge in [-0.3, -0.25) is 9.59 Å². The van der Waals surface area contributed by atoms with E-state index < -0.39 is 17.6 Å². The van der Waals surface area contributed by atoms with Gasteiger partial charge in [0, 0.05) is 17.1 Å². The molecule has 0 bridgehead atoms. The van der Waals surface area contributed by atoms with Gasteiger partial charge in [0.2, 0.25) is 17.4 Å². The molecular weight excluding hydrogens is 467 g/mol. The fourth-order valence-corrected chi connectivity index (χ4v) is 3.62. The van der Waals surface area contributed by atoms with E-state index in [1.807, 2.05) is 0 Å². The molecule has 0 saturated heterocycles. The number of fused-ring (bicyclic) bond motifs is 1. The van der Waals surface area contributed by atoms with E-state index in [-0.39, 0.29) is 17.1 Å². The second-order valence-corrected chi connectivity index (χ2v) is 7.55. The van der Waals surface area contributed by atoms with Crippen LogP contribution in [-0.2, 0) is 4.79 Å². The summed E-state index contributed by atoms with van der Waals surface area (Å²) < 4.78 is 35.2. The summed E-state index contributed by atoms with van der Waals surface area (Å²) in [5.74, 6) is -0.447. The van der Waals surface area contributed by atoms with Crippen LogP contribution in [0.4, 0.5) is 15.8 Å². The van der Waals surface area contributed by atoms with Crippen LogP contribution in [0.2, 0.25) is 0 Å². The number of hydrogen-bond acceptors (Lipinski definition) is 6. The molecule has 1 heterocycles. The summed E-state index contributed by atoms with van der Waals surface area (Å²) in [6.07, 6.45) is 2.87. The number of benzene rings is 3. The monoisotopic (exact) mass is 490 g/mol. The number of methoxy groups -OCH3 is 3. The predicted octanol–water partition coefficient (Wildman–Crippen LogP) is 5.50. The highest BCUT2D eigenvalue weighted by atomic mass is 19.1. The number of halogens is 1. The molecule has 184 valence electrons. The lowest BCUT2D eigenvalue weighted by molar-refractivity contribution is -0.111. The lowest BCUT2D eigenvalue weighted by Gasteiger charge is -2.12. The van der Waals surface area contributed by atoms with Crippen LogP contribution in [-0.4, -0.2) is 33.1 Å². The quantitative estimate of drug-likeness (QED) is 0.317. The molecule has 0 spiro atoms. The van der Waals surface area contributed by atoms with E-state index in [1.54, 1.807) is 48.5 Å². The van der Waals surface area contributed by atoms with Crippen LogP contribution in [0.25, 0.3) is 17.0 Å². The first-order valence-electron chi connectivity index (χ1n) is 10.8. The van der Waals surface area contributed by atoms with Gasteiger partial charge in [-0.05, 0) is 54.1 Å². The zero-order valence-electron chi connectivity index (χ0n) is 19.8. The Morgan fingerprint density at radius 3 is 2.28 bits per heavy atom. The van der Waals surface area contributed by atoms with Crippen LogP contribution in [0, 0.1) is 5.82 Å². The van der Waals surface area contributed by atoms with Crippen LogP contribution in [0.1, 0.15) is 16.1 Å². The van der Waals surface area contributed by atoms with Crippen molar-refractivity contribution in [2.75, 3.05) is 32.0 Å². The Morgan fingerprint density at radius 1 is 0.889 bits per heavy atom. The number of para-hydroxylation sites is 1. The van der Waals surface area contributed by atoms with E-state index in [9.17, 15) is 14.0 Å². The number of hydrogen-bond donors (Lipinski definition) is 2. The van der Waals surface area contributed by atoms with E-state index in [0.29, 0.717) is 33.8 Å². The molecule has 3 aromatic carbocycles. The first-order valence-corrected chi connectivity index (χ1v) is 10.8. The third-order valence-electron chi connectivity index (χ3n) is 5.25. The van der Waals surface area contributed by atoms with Gasteiger partial charge in [-0.2, -0.15) is 0 Å². The van der Waals surface area contributed by atoms with Crippen molar-refractivity contribution in [3.8, 4) is 17.2 Å². The van der Waals surface area contributed by atoms with E-state index in [1.165, 1.54) is 45.6 Å². The van der Waals surface area contributed by atoms with E-state index in [0.717, 1.165) is 0 Å². The molecule has 0 unspecified atom stereocenters. The van der Waals surface area contributed by atoms with Gasteiger partial charge in [-0.1, -0.05) is 18.2 Å². The molecule has 0 aliphatic heterocycles. The second-order valence-electron chi connectivity index (χ2n) is 7.55. The number of rotatable bonds is 8. The minimum Gasteiger partial charge on any atom is -0.493 e. The van der Waals surface area contributed by atoms with Crippen LogP contribution in [0.5, 0.6) is 17.2 Å². The summed E-state index contributed by atoms with van der Waals surface area (Å²) in [6.45, 7) is 0. The first-order chi connectivity index (χ1) is 17.4. The third kappa shape index (κ3) is 5.15. The van der Waals surface area contributed by atoms with Crippen molar-refractivity contribution >= 4 is 40.2 Å². The van der Waals surface area contributed by atoms with Crippen LogP contribution >= 0.6 is 0 Å². The molecule has 0 saturated carbocycles. The smallest absolute Gasteiger partial charge is 0.293 e. The van der Waals surface area contributed by atoms with Gasteiger partial charge in [-0.25, -0.2) is 4.39 Å². The second kappa shape index (κ2) is 10.6. The Morgan fingerprint density at radius 2 is 1.61 bits per heavy atom. The highest BCUT2D eigenvalue weighted by Crippen LogP contribution is 2.38. The van der Waals surface area contributed by atoms with Crippen molar-refractivity contribution in [3.05, 3.63) is 83.9 Å². The highest BCUT2D eigenvalue weighted by molar-refractivity contribution is 6.16. The van der Waals surface area contributed by atoms with Crippen LogP contribution in [0.3, 0.4) is 0 Å². The van der Waals surface area contributed by atoms with Gasteiger partial charge < -0.3 is 29.3 Å². The van der Waals surface area contributed by atoms with Crippen molar-refractivity contribution in [1.29, 1.82) is 0 Å².